The number of nitrogens with one attached hydrogen (secondary N) is 1. The van der Waals surface area contributed by atoms with Crippen LogP contribution in [0.3, 0.4) is 0 Å². The van der Waals surface area contributed by atoms with Crippen molar-refractivity contribution < 1.29 is 14.3 Å². The first kappa shape index (κ1) is 14.5. The standard InChI is InChI=1S/C12H12ClN3O3S/c1-18-8-4-3-7(5-9(8)19-2)11-15-16-12(20-11)14-10(17)6-13/h3-5H,6H2,1-2H3,(H,14,16,17). The maximum absolute atomic E-state index is 11.2. The van der Waals surface area contributed by atoms with Crippen LogP contribution in [0.5, 0.6) is 11.5 Å². The molecule has 0 atom stereocenters. The van der Waals surface area contributed by atoms with Crippen molar-refractivity contribution in [3.8, 4) is 22.1 Å². The Morgan fingerprint density at radius 1 is 1.30 bits per heavy atom. The molecular formula is C12H12ClN3O3S. The second-order valence-electron chi connectivity index (χ2n) is 3.66. The van der Waals surface area contributed by atoms with Crippen molar-refractivity contribution in [3.05, 3.63) is 18.2 Å². The number of halogens is 1. The molecule has 20 heavy (non-hydrogen) atoms. The first-order valence-corrected chi connectivity index (χ1v) is 6.94. The number of alkyl halides is 1. The Kier molecular flexibility index (Phi) is 4.75. The molecule has 2 aromatic rings. The van der Waals surface area contributed by atoms with E-state index in [9.17, 15) is 4.79 Å². The molecule has 0 unspecified atom stereocenters. The monoisotopic (exact) mass is 313 g/mol. The van der Waals surface area contributed by atoms with Gasteiger partial charge in [0.2, 0.25) is 11.0 Å². The lowest BCUT2D eigenvalue weighted by atomic mass is 10.2. The fourth-order valence-corrected chi connectivity index (χ4v) is 2.34. The van der Waals surface area contributed by atoms with Crippen LogP contribution in [0, 0.1) is 0 Å². The van der Waals surface area contributed by atoms with E-state index in [0.29, 0.717) is 21.6 Å². The molecule has 0 radical (unpaired) electrons. The molecule has 0 bridgehead atoms. The Bertz CT molecular complexity index is 618. The number of ether oxygens (including phenoxy) is 2. The molecule has 0 aliphatic rings. The lowest BCUT2D eigenvalue weighted by molar-refractivity contribution is -0.113. The maximum Gasteiger partial charge on any atom is 0.241 e. The number of carbonyl (C=O) groups excluding carboxylic acids is 1. The van der Waals surface area contributed by atoms with Crippen LogP contribution in [-0.4, -0.2) is 36.2 Å². The fourth-order valence-electron chi connectivity index (χ4n) is 1.51. The highest BCUT2D eigenvalue weighted by atomic mass is 35.5. The number of methoxy groups -OCH3 is 2. The number of hydrogen-bond donors (Lipinski definition) is 1. The lowest BCUT2D eigenvalue weighted by Crippen LogP contribution is -2.12. The fraction of sp³-hybridized carbons (Fsp3) is 0.250. The number of amides is 1. The quantitative estimate of drug-likeness (QED) is 0.858. The molecule has 0 saturated heterocycles. The summed E-state index contributed by atoms with van der Waals surface area (Å²) in [6.07, 6.45) is 0. The van der Waals surface area contributed by atoms with Crippen LogP contribution in [0.4, 0.5) is 5.13 Å². The zero-order valence-electron chi connectivity index (χ0n) is 10.8. The Labute approximate surface area is 124 Å². The first-order chi connectivity index (χ1) is 9.67. The van der Waals surface area contributed by atoms with Gasteiger partial charge in [0.1, 0.15) is 10.9 Å². The van der Waals surface area contributed by atoms with Gasteiger partial charge in [0.25, 0.3) is 0 Å². The predicted octanol–water partition coefficient (Wildman–Crippen LogP) is 2.40. The van der Waals surface area contributed by atoms with Crippen molar-refractivity contribution in [2.75, 3.05) is 25.4 Å². The average molecular weight is 314 g/mol. The highest BCUT2D eigenvalue weighted by Crippen LogP contribution is 2.34. The van der Waals surface area contributed by atoms with Crippen LogP contribution in [0.15, 0.2) is 18.2 Å². The third-order valence-corrected chi connectivity index (χ3v) is 3.55. The van der Waals surface area contributed by atoms with Gasteiger partial charge in [0.05, 0.1) is 14.2 Å². The van der Waals surface area contributed by atoms with Crippen molar-refractivity contribution in [3.63, 3.8) is 0 Å². The summed E-state index contributed by atoms with van der Waals surface area (Å²) in [6.45, 7) is 0. The zero-order chi connectivity index (χ0) is 14.5. The molecule has 1 amide bonds. The summed E-state index contributed by atoms with van der Waals surface area (Å²) < 4.78 is 10.4. The van der Waals surface area contributed by atoms with Gasteiger partial charge in [-0.1, -0.05) is 11.3 Å². The summed E-state index contributed by atoms with van der Waals surface area (Å²) in [7, 11) is 3.14. The third kappa shape index (κ3) is 3.17. The molecule has 2 rings (SSSR count). The van der Waals surface area contributed by atoms with Gasteiger partial charge in [-0.2, -0.15) is 0 Å². The molecule has 0 aliphatic carbocycles. The molecule has 0 fully saturated rings. The van der Waals surface area contributed by atoms with Crippen molar-refractivity contribution in [2.24, 2.45) is 0 Å². The topological polar surface area (TPSA) is 73.3 Å². The van der Waals surface area contributed by atoms with Gasteiger partial charge in [0, 0.05) is 5.56 Å². The maximum atomic E-state index is 11.2. The van der Waals surface area contributed by atoms with E-state index in [0.717, 1.165) is 5.56 Å². The summed E-state index contributed by atoms with van der Waals surface area (Å²) in [5.41, 5.74) is 0.825. The van der Waals surface area contributed by atoms with Gasteiger partial charge < -0.3 is 9.47 Å². The Morgan fingerprint density at radius 3 is 2.70 bits per heavy atom. The highest BCUT2D eigenvalue weighted by Gasteiger charge is 2.11. The second kappa shape index (κ2) is 6.53. The molecule has 1 aromatic heterocycles. The van der Waals surface area contributed by atoms with E-state index in [2.05, 4.69) is 15.5 Å². The largest absolute Gasteiger partial charge is 0.493 e. The summed E-state index contributed by atoms with van der Waals surface area (Å²) in [5, 5.41) is 11.5. The number of hydrogen-bond acceptors (Lipinski definition) is 6. The van der Waals surface area contributed by atoms with Crippen LogP contribution in [0.2, 0.25) is 0 Å². The summed E-state index contributed by atoms with van der Waals surface area (Å²) in [4.78, 5) is 11.2. The van der Waals surface area contributed by atoms with Crippen molar-refractivity contribution in [2.45, 2.75) is 0 Å². The minimum absolute atomic E-state index is 0.120. The SMILES string of the molecule is COc1ccc(-c2nnc(NC(=O)CCl)s2)cc1OC. The van der Waals surface area contributed by atoms with Crippen molar-refractivity contribution >= 4 is 34.0 Å². The van der Waals surface area contributed by atoms with E-state index in [-0.39, 0.29) is 11.8 Å². The van der Waals surface area contributed by atoms with E-state index >= 15 is 0 Å². The molecule has 0 aliphatic heterocycles. The minimum Gasteiger partial charge on any atom is -0.493 e. The predicted molar refractivity (Wildman–Crippen MR) is 77.8 cm³/mol. The second-order valence-corrected chi connectivity index (χ2v) is 4.91. The Hall–Kier alpha value is -1.86. The number of anilines is 1. The van der Waals surface area contributed by atoms with Crippen LogP contribution in [-0.2, 0) is 4.79 Å². The van der Waals surface area contributed by atoms with E-state index in [1.54, 1.807) is 26.4 Å². The van der Waals surface area contributed by atoms with Crippen LogP contribution in [0.1, 0.15) is 0 Å². The van der Waals surface area contributed by atoms with Gasteiger partial charge in [-0.05, 0) is 18.2 Å². The normalized spacial score (nSPS) is 10.2. The molecule has 8 heteroatoms. The molecular weight excluding hydrogens is 302 g/mol. The Morgan fingerprint density at radius 2 is 2.05 bits per heavy atom. The number of carbonyl (C=O) groups is 1. The van der Waals surface area contributed by atoms with E-state index < -0.39 is 0 Å². The van der Waals surface area contributed by atoms with Gasteiger partial charge in [-0.15, -0.1) is 21.8 Å². The van der Waals surface area contributed by atoms with Crippen LogP contribution < -0.4 is 14.8 Å². The van der Waals surface area contributed by atoms with E-state index in [1.165, 1.54) is 11.3 Å². The number of benzene rings is 1. The smallest absolute Gasteiger partial charge is 0.241 e. The summed E-state index contributed by atoms with van der Waals surface area (Å²) in [5.74, 6) is 0.801. The zero-order valence-corrected chi connectivity index (χ0v) is 12.4. The molecule has 6 nitrogen and oxygen atoms in total. The molecule has 0 saturated carbocycles. The lowest BCUT2D eigenvalue weighted by Gasteiger charge is -2.07. The molecule has 1 N–H and O–H groups in total. The van der Waals surface area contributed by atoms with Crippen LogP contribution >= 0.6 is 22.9 Å². The first-order valence-electron chi connectivity index (χ1n) is 5.59. The number of rotatable bonds is 5. The highest BCUT2D eigenvalue weighted by molar-refractivity contribution is 7.18. The summed E-state index contributed by atoms with van der Waals surface area (Å²) >= 11 is 6.67. The molecule has 0 spiro atoms. The van der Waals surface area contributed by atoms with Crippen molar-refractivity contribution in [1.29, 1.82) is 0 Å². The van der Waals surface area contributed by atoms with Crippen LogP contribution in [0.25, 0.3) is 10.6 Å². The van der Waals surface area contributed by atoms with Gasteiger partial charge >= 0.3 is 0 Å². The Balaban J connectivity index is 2.25. The van der Waals surface area contributed by atoms with Gasteiger partial charge in [-0.25, -0.2) is 0 Å². The third-order valence-electron chi connectivity index (χ3n) is 2.42. The van der Waals surface area contributed by atoms with Crippen molar-refractivity contribution in [1.82, 2.24) is 10.2 Å². The molecule has 1 heterocycles. The van der Waals surface area contributed by atoms with Gasteiger partial charge in [-0.3, -0.25) is 10.1 Å². The van der Waals surface area contributed by atoms with Gasteiger partial charge in [0.15, 0.2) is 11.5 Å². The molecule has 1 aromatic carbocycles. The summed E-state index contributed by atoms with van der Waals surface area (Å²) in [6, 6.07) is 5.42. The van der Waals surface area contributed by atoms with E-state index in [4.69, 9.17) is 21.1 Å². The number of aromatic nitrogens is 2. The minimum atomic E-state index is -0.318. The molecule has 106 valence electrons. The average Bonchev–Trinajstić information content (AvgIpc) is 2.94. The number of nitrogens with zero attached hydrogens (tertiary/aromatic N) is 2. The van der Waals surface area contributed by atoms with E-state index in [1.807, 2.05) is 6.07 Å².